The summed E-state index contributed by atoms with van der Waals surface area (Å²) in [5.74, 6) is 4.64. The molecule has 2 aliphatic rings. The first-order valence-electron chi connectivity index (χ1n) is 24.6. The van der Waals surface area contributed by atoms with Gasteiger partial charge in [0, 0.05) is 42.8 Å². The molecule has 11 aromatic rings. The molecule has 0 N–H and O–H groups in total. The molecule has 3 aromatic heterocycles. The molecule has 0 amide bonds. The van der Waals surface area contributed by atoms with Crippen molar-refractivity contribution < 1.29 is 34.0 Å². The molecule has 355 valence electrons. The standard InChI is InChI=1S/C49H36BN2O3.C15H16N.Ir/c1-28(2)34-24-31(30-14-6-5-7-15-30)25-35(29(3)4)47(34)52-40-20-10-9-19-39(40)51-49(52)33-17-12-16-32-36-26-45-38(27-44(36)55-48(32)33)50-37-18-8-11-21-41(37)53-42-22-13-23-43(54-45)46(42)50;1-15(2,3)13-9-10-14(16-11-13)12-7-5-4-6-8-12;/h5-16,18-29H,1-4H3;4-7,9-11H,1-3H3;/q2*-1;. The van der Waals surface area contributed by atoms with Gasteiger partial charge < -0.3 is 23.4 Å². The van der Waals surface area contributed by atoms with Crippen molar-refractivity contribution in [1.29, 1.82) is 0 Å². The molecule has 5 heterocycles. The van der Waals surface area contributed by atoms with E-state index in [-0.39, 0.29) is 44.1 Å². The number of aromatic nitrogens is 3. The van der Waals surface area contributed by atoms with Crippen LogP contribution in [0, 0.1) is 12.1 Å². The molecule has 0 fully saturated rings. The van der Waals surface area contributed by atoms with Gasteiger partial charge in [-0.15, -0.1) is 54.1 Å². The SMILES string of the molecule is CC(C)(C)c1ccc(-c2[c-]cccc2)nc1.CC(C)c1cc(-c2ccccc2)cc(C(C)C)c1-n1c(-c2[c-]ccc3c2oc2cc4c(cc23)Oc2cccc3c2B4c2ccccc2O3)nc2ccccc21.[Ir]. The maximum Gasteiger partial charge on any atom is 0.260 e. The molecule has 8 aromatic carbocycles. The van der Waals surface area contributed by atoms with Gasteiger partial charge >= 0.3 is 0 Å². The summed E-state index contributed by atoms with van der Waals surface area (Å²) in [5.41, 5.74) is 17.1. The Bertz CT molecular complexity index is 3790. The van der Waals surface area contributed by atoms with Crippen LogP contribution in [0.25, 0.3) is 72.4 Å². The zero-order valence-electron chi connectivity index (χ0n) is 41.4. The molecule has 0 bridgehead atoms. The zero-order chi connectivity index (χ0) is 48.5. The summed E-state index contributed by atoms with van der Waals surface area (Å²) in [6, 6.07) is 65.5. The van der Waals surface area contributed by atoms with Crippen molar-refractivity contribution in [3.63, 3.8) is 0 Å². The number of imidazole rings is 1. The fourth-order valence-electron chi connectivity index (χ4n) is 10.4. The number of hydrogen-bond donors (Lipinski definition) is 0. The van der Waals surface area contributed by atoms with Crippen LogP contribution >= 0.6 is 0 Å². The second-order valence-corrected chi connectivity index (χ2v) is 20.3. The summed E-state index contributed by atoms with van der Waals surface area (Å²) in [7, 11) is 0. The molecular weight excluding hydrogens is 1060 g/mol. The van der Waals surface area contributed by atoms with E-state index < -0.39 is 0 Å². The second-order valence-electron chi connectivity index (χ2n) is 20.3. The van der Waals surface area contributed by atoms with E-state index in [1.165, 1.54) is 33.5 Å². The molecule has 1 radical (unpaired) electrons. The first kappa shape index (κ1) is 46.9. The molecule has 0 saturated heterocycles. The van der Waals surface area contributed by atoms with Gasteiger partial charge in [0.2, 0.25) is 0 Å². The molecule has 13 rings (SSSR count). The van der Waals surface area contributed by atoms with E-state index in [2.05, 4.69) is 179 Å². The molecule has 0 saturated carbocycles. The third-order valence-corrected chi connectivity index (χ3v) is 14.0. The van der Waals surface area contributed by atoms with Crippen molar-refractivity contribution in [2.75, 3.05) is 0 Å². The van der Waals surface area contributed by atoms with Gasteiger partial charge in [0.1, 0.15) is 28.6 Å². The number of para-hydroxylation sites is 3. The number of nitrogens with zero attached hydrogens (tertiary/aromatic N) is 3. The Kier molecular flexibility index (Phi) is 12.1. The van der Waals surface area contributed by atoms with Crippen molar-refractivity contribution in [3.05, 3.63) is 205 Å². The summed E-state index contributed by atoms with van der Waals surface area (Å²) in [6.07, 6.45) is 1.95. The Morgan fingerprint density at radius 1 is 0.597 bits per heavy atom. The van der Waals surface area contributed by atoms with E-state index in [0.29, 0.717) is 0 Å². The van der Waals surface area contributed by atoms with E-state index in [4.69, 9.17) is 18.9 Å². The van der Waals surface area contributed by atoms with Crippen LogP contribution < -0.4 is 25.9 Å². The topological polar surface area (TPSA) is 62.3 Å². The number of pyridine rings is 1. The van der Waals surface area contributed by atoms with E-state index >= 15 is 0 Å². The van der Waals surface area contributed by atoms with Crippen LogP contribution in [-0.4, -0.2) is 21.2 Å². The van der Waals surface area contributed by atoms with Gasteiger partial charge in [0.25, 0.3) is 6.71 Å². The van der Waals surface area contributed by atoms with Crippen LogP contribution in [0.1, 0.15) is 77.0 Å². The number of hydrogen-bond acceptors (Lipinski definition) is 5. The number of fused-ring (bicyclic) bond motifs is 8. The maximum absolute atomic E-state index is 6.97. The minimum absolute atomic E-state index is 0. The van der Waals surface area contributed by atoms with Crippen LogP contribution in [0.15, 0.2) is 180 Å². The first-order valence-corrected chi connectivity index (χ1v) is 24.6. The van der Waals surface area contributed by atoms with Gasteiger partial charge in [-0.05, 0) is 116 Å². The quantitative estimate of drug-likeness (QED) is 0.123. The third-order valence-electron chi connectivity index (χ3n) is 14.0. The number of benzene rings is 8. The van der Waals surface area contributed by atoms with Crippen molar-refractivity contribution in [2.45, 2.75) is 65.7 Å². The Balaban J connectivity index is 0.000000282. The molecule has 0 aliphatic carbocycles. The Labute approximate surface area is 435 Å². The van der Waals surface area contributed by atoms with Crippen LogP contribution in [0.2, 0.25) is 0 Å². The fourth-order valence-corrected chi connectivity index (χ4v) is 10.4. The largest absolute Gasteiger partial charge is 0.501 e. The number of furan rings is 1. The Morgan fingerprint density at radius 3 is 2.00 bits per heavy atom. The summed E-state index contributed by atoms with van der Waals surface area (Å²) in [5, 5.41) is 1.98. The summed E-state index contributed by atoms with van der Waals surface area (Å²) < 4.78 is 22.4. The van der Waals surface area contributed by atoms with Gasteiger partial charge in [-0.1, -0.05) is 138 Å². The molecular formula is C64H52BIrN3O3-2. The van der Waals surface area contributed by atoms with Crippen LogP contribution in [0.5, 0.6) is 23.0 Å². The zero-order valence-corrected chi connectivity index (χ0v) is 43.8. The minimum Gasteiger partial charge on any atom is -0.501 e. The van der Waals surface area contributed by atoms with Crippen molar-refractivity contribution in [3.8, 4) is 62.5 Å². The van der Waals surface area contributed by atoms with Crippen LogP contribution in [0.4, 0.5) is 0 Å². The summed E-state index contributed by atoms with van der Waals surface area (Å²) in [4.78, 5) is 9.85. The molecule has 8 heteroatoms. The smallest absolute Gasteiger partial charge is 0.260 e. The van der Waals surface area contributed by atoms with Crippen LogP contribution in [-0.2, 0) is 25.5 Å². The van der Waals surface area contributed by atoms with E-state index in [0.717, 1.165) is 95.0 Å². The van der Waals surface area contributed by atoms with Crippen molar-refractivity contribution in [1.82, 2.24) is 14.5 Å². The van der Waals surface area contributed by atoms with Crippen molar-refractivity contribution in [2.24, 2.45) is 0 Å². The summed E-state index contributed by atoms with van der Waals surface area (Å²) in [6.45, 7) is 15.7. The molecule has 0 spiro atoms. The average molecular weight is 1110 g/mol. The van der Waals surface area contributed by atoms with Gasteiger partial charge in [0.05, 0.1) is 22.4 Å². The first-order chi connectivity index (χ1) is 34.5. The normalized spacial score (nSPS) is 12.4. The fraction of sp³-hybridized carbons (Fsp3) is 0.156. The summed E-state index contributed by atoms with van der Waals surface area (Å²) >= 11 is 0. The minimum atomic E-state index is -0.0458. The second kappa shape index (κ2) is 18.6. The Morgan fingerprint density at radius 2 is 1.29 bits per heavy atom. The number of ether oxygens (including phenoxy) is 2. The van der Waals surface area contributed by atoms with E-state index in [9.17, 15) is 0 Å². The average Bonchev–Trinajstić information content (AvgIpc) is 3.96. The molecule has 6 nitrogen and oxygen atoms in total. The van der Waals surface area contributed by atoms with Gasteiger partial charge in [-0.25, -0.2) is 0 Å². The third kappa shape index (κ3) is 8.13. The van der Waals surface area contributed by atoms with Gasteiger partial charge in [-0.2, -0.15) is 0 Å². The monoisotopic (exact) mass is 1110 g/mol. The number of rotatable bonds is 6. The van der Waals surface area contributed by atoms with E-state index in [1.807, 2.05) is 66.9 Å². The van der Waals surface area contributed by atoms with E-state index in [1.54, 1.807) is 0 Å². The predicted octanol–water partition coefficient (Wildman–Crippen LogP) is 14.9. The van der Waals surface area contributed by atoms with Gasteiger partial charge in [-0.3, -0.25) is 4.98 Å². The molecule has 72 heavy (non-hydrogen) atoms. The maximum atomic E-state index is 6.97. The van der Waals surface area contributed by atoms with Crippen LogP contribution in [0.3, 0.4) is 0 Å². The Hall–Kier alpha value is -7.51. The molecule has 2 aliphatic heterocycles. The molecule has 0 unspecified atom stereocenters. The van der Waals surface area contributed by atoms with Gasteiger partial charge in [0.15, 0.2) is 0 Å². The van der Waals surface area contributed by atoms with Crippen molar-refractivity contribution >= 4 is 56.1 Å². The molecule has 0 atom stereocenters. The predicted molar refractivity (Wildman–Crippen MR) is 291 cm³/mol.